The van der Waals surface area contributed by atoms with E-state index in [2.05, 4.69) is 45.3 Å². The van der Waals surface area contributed by atoms with Gasteiger partial charge in [-0.15, -0.1) is 35.3 Å². The summed E-state index contributed by atoms with van der Waals surface area (Å²) in [6.07, 6.45) is 1.01. The van der Waals surface area contributed by atoms with Crippen molar-refractivity contribution in [3.8, 4) is 0 Å². The number of aryl methyl sites for hydroxylation is 1. The van der Waals surface area contributed by atoms with Crippen LogP contribution in [-0.2, 0) is 13.0 Å². The highest BCUT2D eigenvalue weighted by molar-refractivity contribution is 14.0. The molecule has 108 valence electrons. The van der Waals surface area contributed by atoms with Gasteiger partial charge in [0.25, 0.3) is 0 Å². The second-order valence-corrected chi connectivity index (χ2v) is 6.63. The van der Waals surface area contributed by atoms with Gasteiger partial charge in [-0.3, -0.25) is 0 Å². The monoisotopic (exact) mass is 465 g/mol. The van der Waals surface area contributed by atoms with Crippen LogP contribution in [0.4, 0.5) is 5.69 Å². The number of nitrogens with one attached hydrogen (secondary N) is 1. The highest BCUT2D eigenvalue weighted by Crippen LogP contribution is 2.22. The Labute approximate surface area is 148 Å². The quantitative estimate of drug-likeness (QED) is 0.393. The molecule has 0 unspecified atom stereocenters. The van der Waals surface area contributed by atoms with Crippen LogP contribution >= 0.6 is 51.2 Å². The van der Waals surface area contributed by atoms with E-state index in [9.17, 15) is 0 Å². The van der Waals surface area contributed by atoms with Gasteiger partial charge in [0, 0.05) is 10.6 Å². The second-order valence-electron chi connectivity index (χ2n) is 4.09. The van der Waals surface area contributed by atoms with Crippen LogP contribution in [0.5, 0.6) is 0 Å². The maximum atomic E-state index is 5.88. The normalized spacial score (nSPS) is 11.0. The number of hydrogen-bond donors (Lipinski definition) is 2. The van der Waals surface area contributed by atoms with Crippen molar-refractivity contribution in [1.29, 1.82) is 0 Å². The second kappa shape index (κ2) is 8.63. The first-order valence-electron chi connectivity index (χ1n) is 6.07. The van der Waals surface area contributed by atoms with E-state index in [1.165, 1.54) is 10.4 Å². The number of nitrogens with zero attached hydrogens (tertiary/aromatic N) is 1. The van der Waals surface area contributed by atoms with Gasteiger partial charge in [-0.25, -0.2) is 4.99 Å². The Morgan fingerprint density at radius 1 is 1.35 bits per heavy atom. The third kappa shape index (κ3) is 5.41. The van der Waals surface area contributed by atoms with Crippen LogP contribution in [0, 0.1) is 0 Å². The predicted molar refractivity (Wildman–Crippen MR) is 102 cm³/mol. The molecule has 2 aromatic rings. The molecule has 0 bridgehead atoms. The lowest BCUT2D eigenvalue weighted by atomic mass is 10.1. The minimum Gasteiger partial charge on any atom is -0.370 e. The van der Waals surface area contributed by atoms with Crippen LogP contribution in [0.15, 0.2) is 45.2 Å². The number of anilines is 1. The summed E-state index contributed by atoms with van der Waals surface area (Å²) in [6, 6.07) is 12.3. The Morgan fingerprint density at radius 3 is 2.80 bits per heavy atom. The molecule has 0 aliphatic heterocycles. The van der Waals surface area contributed by atoms with Gasteiger partial charge in [0.1, 0.15) is 0 Å². The Morgan fingerprint density at radius 2 is 2.15 bits per heavy atom. The maximum absolute atomic E-state index is 5.88. The van der Waals surface area contributed by atoms with Crippen molar-refractivity contribution >= 4 is 62.9 Å². The van der Waals surface area contributed by atoms with Gasteiger partial charge in [0.2, 0.25) is 0 Å². The average molecular weight is 466 g/mol. The molecule has 1 aromatic heterocycles. The van der Waals surface area contributed by atoms with Crippen molar-refractivity contribution in [2.45, 2.75) is 19.9 Å². The number of rotatable bonds is 4. The number of thiophene rings is 1. The molecule has 1 aromatic carbocycles. The molecular weight excluding hydrogens is 449 g/mol. The van der Waals surface area contributed by atoms with Crippen molar-refractivity contribution < 1.29 is 0 Å². The summed E-state index contributed by atoms with van der Waals surface area (Å²) in [4.78, 5) is 5.51. The Bertz CT molecular complexity index is 583. The Balaban J connectivity index is 0.00000200. The fourth-order valence-corrected chi connectivity index (χ4v) is 3.06. The van der Waals surface area contributed by atoms with E-state index in [0.717, 1.165) is 15.9 Å². The molecule has 3 nitrogen and oxygen atoms in total. The largest absolute Gasteiger partial charge is 0.370 e. The highest BCUT2D eigenvalue weighted by atomic mass is 127. The van der Waals surface area contributed by atoms with E-state index < -0.39 is 0 Å². The molecule has 6 heteroatoms. The molecule has 1 heterocycles. The van der Waals surface area contributed by atoms with Crippen LogP contribution in [-0.4, -0.2) is 5.96 Å². The maximum Gasteiger partial charge on any atom is 0.193 e. The van der Waals surface area contributed by atoms with E-state index in [0.29, 0.717) is 12.5 Å². The molecule has 2 rings (SSSR count). The number of benzene rings is 1. The van der Waals surface area contributed by atoms with Crippen LogP contribution < -0.4 is 11.1 Å². The number of nitrogens with two attached hydrogens (primary N) is 1. The molecular formula is C14H17BrIN3S. The first kappa shape index (κ1) is 17.5. The fraction of sp³-hybridized carbons (Fsp3) is 0.214. The molecule has 0 amide bonds. The SMILES string of the molecule is CCc1cccc(NC(N)=NCc2ccc(Br)s2)c1.I. The lowest BCUT2D eigenvalue weighted by molar-refractivity contribution is 1.09. The minimum atomic E-state index is 0. The summed E-state index contributed by atoms with van der Waals surface area (Å²) in [6.45, 7) is 2.73. The van der Waals surface area contributed by atoms with E-state index in [1.807, 2.05) is 24.3 Å². The van der Waals surface area contributed by atoms with E-state index >= 15 is 0 Å². The third-order valence-corrected chi connectivity index (χ3v) is 4.25. The Hall–Kier alpha value is -0.600. The molecule has 3 N–H and O–H groups in total. The minimum absolute atomic E-state index is 0. The van der Waals surface area contributed by atoms with Crippen molar-refractivity contribution in [2.75, 3.05) is 5.32 Å². The van der Waals surface area contributed by atoms with Crippen molar-refractivity contribution in [3.05, 3.63) is 50.6 Å². The molecule has 20 heavy (non-hydrogen) atoms. The average Bonchev–Trinajstić information content (AvgIpc) is 2.82. The van der Waals surface area contributed by atoms with Crippen LogP contribution in [0.25, 0.3) is 0 Å². The molecule has 0 aliphatic carbocycles. The molecule has 0 atom stereocenters. The summed E-state index contributed by atoms with van der Waals surface area (Å²) < 4.78 is 1.11. The van der Waals surface area contributed by atoms with Crippen LogP contribution in [0.3, 0.4) is 0 Å². The smallest absolute Gasteiger partial charge is 0.193 e. The zero-order chi connectivity index (χ0) is 13.7. The summed E-state index contributed by atoms with van der Waals surface area (Å²) in [5.74, 6) is 0.442. The molecule has 0 fully saturated rings. The zero-order valence-electron chi connectivity index (χ0n) is 11.1. The van der Waals surface area contributed by atoms with Crippen LogP contribution in [0.1, 0.15) is 17.4 Å². The van der Waals surface area contributed by atoms with E-state index in [-0.39, 0.29) is 24.0 Å². The fourth-order valence-electron chi connectivity index (χ4n) is 1.66. The lowest BCUT2D eigenvalue weighted by Gasteiger charge is -2.06. The summed E-state index contributed by atoms with van der Waals surface area (Å²) in [5.41, 5.74) is 8.14. The van der Waals surface area contributed by atoms with Crippen molar-refractivity contribution in [3.63, 3.8) is 0 Å². The number of guanidine groups is 1. The summed E-state index contributed by atoms with van der Waals surface area (Å²) >= 11 is 5.10. The Kier molecular flexibility index (Phi) is 7.53. The van der Waals surface area contributed by atoms with Gasteiger partial charge in [-0.1, -0.05) is 19.1 Å². The van der Waals surface area contributed by atoms with Crippen LogP contribution in [0.2, 0.25) is 0 Å². The van der Waals surface area contributed by atoms with Crippen molar-refractivity contribution in [1.82, 2.24) is 0 Å². The molecule has 0 saturated heterocycles. The summed E-state index contributed by atoms with van der Waals surface area (Å²) in [5, 5.41) is 3.11. The standard InChI is InChI=1S/C14H16BrN3S.HI/c1-2-10-4-3-5-11(8-10)18-14(16)17-9-12-6-7-13(15)19-12;/h3-8H,2,9H2,1H3,(H3,16,17,18);1H. The zero-order valence-corrected chi connectivity index (χ0v) is 15.8. The number of aliphatic imine (C=N–C) groups is 1. The van der Waals surface area contributed by atoms with Gasteiger partial charge in [-0.2, -0.15) is 0 Å². The van der Waals surface area contributed by atoms with Gasteiger partial charge in [0.05, 0.1) is 10.3 Å². The molecule has 0 radical (unpaired) electrons. The highest BCUT2D eigenvalue weighted by Gasteiger charge is 1.99. The molecule has 0 spiro atoms. The van der Waals surface area contributed by atoms with Gasteiger partial charge < -0.3 is 11.1 Å². The van der Waals surface area contributed by atoms with Gasteiger partial charge in [0.15, 0.2) is 5.96 Å². The summed E-state index contributed by atoms with van der Waals surface area (Å²) in [7, 11) is 0. The predicted octanol–water partition coefficient (Wildman–Crippen LogP) is 4.62. The van der Waals surface area contributed by atoms with E-state index in [4.69, 9.17) is 5.73 Å². The topological polar surface area (TPSA) is 50.4 Å². The number of hydrogen-bond acceptors (Lipinski definition) is 2. The number of halogens is 2. The first-order chi connectivity index (χ1) is 9.17. The van der Waals surface area contributed by atoms with E-state index in [1.54, 1.807) is 11.3 Å². The lowest BCUT2D eigenvalue weighted by Crippen LogP contribution is -2.22. The van der Waals surface area contributed by atoms with Crippen molar-refractivity contribution in [2.24, 2.45) is 10.7 Å². The third-order valence-electron chi connectivity index (χ3n) is 2.64. The first-order valence-corrected chi connectivity index (χ1v) is 7.68. The van der Waals surface area contributed by atoms with Gasteiger partial charge in [-0.05, 0) is 52.2 Å². The molecule has 0 saturated carbocycles. The van der Waals surface area contributed by atoms with Gasteiger partial charge >= 0.3 is 0 Å². The molecule has 0 aliphatic rings.